The number of carbonyl (C=O) groups is 1. The number of aryl methyl sites for hydroxylation is 1. The third kappa shape index (κ3) is 2.54. The van der Waals surface area contributed by atoms with Crippen LogP contribution in [0.4, 0.5) is 0 Å². The Bertz CT molecular complexity index is 955. The van der Waals surface area contributed by atoms with E-state index in [0.717, 1.165) is 29.7 Å². The highest BCUT2D eigenvalue weighted by Crippen LogP contribution is 2.31. The maximum Gasteiger partial charge on any atom is 0.272 e. The fourth-order valence-electron chi connectivity index (χ4n) is 3.28. The van der Waals surface area contributed by atoms with Crippen LogP contribution < -0.4 is 5.56 Å². The summed E-state index contributed by atoms with van der Waals surface area (Å²) in [5, 5.41) is 4.83. The molecule has 0 radical (unpaired) electrons. The molecule has 1 N–H and O–H groups in total. The average Bonchev–Trinajstić information content (AvgIpc) is 3.23. The standard InChI is InChI=1S/C17H18N4O2S/c1-11-8-14(24-10-11)17(23)20-7-3-2-4-13(20)12-9-16(22)21-15(19-12)5-6-18-21/h5-6,8-10,13,18H,2-4,7H2,1H3/t13-/m1/s1. The Morgan fingerprint density at radius 2 is 2.25 bits per heavy atom. The summed E-state index contributed by atoms with van der Waals surface area (Å²) in [6.07, 6.45) is 4.54. The first-order valence-corrected chi connectivity index (χ1v) is 8.94. The van der Waals surface area contributed by atoms with Crippen LogP contribution in [0.25, 0.3) is 5.65 Å². The van der Waals surface area contributed by atoms with Gasteiger partial charge in [0.25, 0.3) is 11.5 Å². The molecule has 24 heavy (non-hydrogen) atoms. The summed E-state index contributed by atoms with van der Waals surface area (Å²) >= 11 is 1.47. The Balaban J connectivity index is 1.73. The second-order valence-corrected chi connectivity index (χ2v) is 7.08. The van der Waals surface area contributed by atoms with Gasteiger partial charge in [-0.1, -0.05) is 0 Å². The third-order valence-electron chi connectivity index (χ3n) is 4.45. The fraction of sp³-hybridized carbons (Fsp3) is 0.353. The minimum Gasteiger partial charge on any atom is -0.329 e. The lowest BCUT2D eigenvalue weighted by molar-refractivity contribution is 0.0611. The molecule has 4 heterocycles. The predicted molar refractivity (Wildman–Crippen MR) is 92.5 cm³/mol. The normalized spacial score (nSPS) is 18.2. The van der Waals surface area contributed by atoms with Gasteiger partial charge in [0.1, 0.15) is 0 Å². The number of H-pyrrole nitrogens is 1. The van der Waals surface area contributed by atoms with E-state index in [2.05, 4.69) is 10.1 Å². The molecule has 1 fully saturated rings. The van der Waals surface area contributed by atoms with Crippen molar-refractivity contribution in [3.05, 3.63) is 56.3 Å². The molecule has 1 atom stereocenters. The van der Waals surface area contributed by atoms with Crippen LogP contribution in [0.1, 0.15) is 46.2 Å². The van der Waals surface area contributed by atoms with Gasteiger partial charge in [-0.15, -0.1) is 11.3 Å². The smallest absolute Gasteiger partial charge is 0.272 e. The van der Waals surface area contributed by atoms with Crippen molar-refractivity contribution in [2.45, 2.75) is 32.2 Å². The van der Waals surface area contributed by atoms with Crippen molar-refractivity contribution in [3.63, 3.8) is 0 Å². The monoisotopic (exact) mass is 342 g/mol. The van der Waals surface area contributed by atoms with Crippen LogP contribution in [-0.2, 0) is 0 Å². The molecule has 3 aromatic rings. The highest BCUT2D eigenvalue weighted by Gasteiger charge is 2.30. The molecule has 0 aliphatic carbocycles. The number of aromatic nitrogens is 3. The zero-order valence-electron chi connectivity index (χ0n) is 13.4. The van der Waals surface area contributed by atoms with Crippen molar-refractivity contribution in [2.24, 2.45) is 0 Å². The topological polar surface area (TPSA) is 70.5 Å². The highest BCUT2D eigenvalue weighted by atomic mass is 32.1. The minimum absolute atomic E-state index is 0.0360. The van der Waals surface area contributed by atoms with Gasteiger partial charge in [-0.3, -0.25) is 14.7 Å². The molecule has 1 aliphatic rings. The van der Waals surface area contributed by atoms with E-state index in [1.165, 1.54) is 15.9 Å². The summed E-state index contributed by atoms with van der Waals surface area (Å²) in [6, 6.07) is 5.10. The molecular weight excluding hydrogens is 324 g/mol. The van der Waals surface area contributed by atoms with E-state index >= 15 is 0 Å². The Morgan fingerprint density at radius 1 is 1.38 bits per heavy atom. The summed E-state index contributed by atoms with van der Waals surface area (Å²) in [5.74, 6) is 0.0360. The molecular formula is C17H18N4O2S. The highest BCUT2D eigenvalue weighted by molar-refractivity contribution is 7.12. The molecule has 124 valence electrons. The number of fused-ring (bicyclic) bond motifs is 1. The largest absolute Gasteiger partial charge is 0.329 e. The molecule has 1 amide bonds. The summed E-state index contributed by atoms with van der Waals surface area (Å²) in [4.78, 5) is 32.4. The zero-order chi connectivity index (χ0) is 16.7. The van der Waals surface area contributed by atoms with Crippen LogP contribution in [0.15, 0.2) is 34.6 Å². The Labute approximate surface area is 142 Å². The van der Waals surface area contributed by atoms with Gasteiger partial charge < -0.3 is 4.90 Å². The third-order valence-corrected chi connectivity index (χ3v) is 5.48. The summed E-state index contributed by atoms with van der Waals surface area (Å²) in [5.41, 5.74) is 2.22. The molecule has 7 heteroatoms. The first kappa shape index (κ1) is 15.1. The first-order chi connectivity index (χ1) is 11.6. The van der Waals surface area contributed by atoms with Crippen LogP contribution in [-0.4, -0.2) is 31.9 Å². The molecule has 0 unspecified atom stereocenters. The molecule has 0 spiro atoms. The number of amides is 1. The number of hydrogen-bond donors (Lipinski definition) is 1. The lowest BCUT2D eigenvalue weighted by Gasteiger charge is -2.35. The van der Waals surface area contributed by atoms with Gasteiger partial charge in [0.05, 0.1) is 16.6 Å². The second kappa shape index (κ2) is 5.90. The van der Waals surface area contributed by atoms with Gasteiger partial charge in [0.15, 0.2) is 5.65 Å². The lowest BCUT2D eigenvalue weighted by Crippen LogP contribution is -2.39. The molecule has 0 aromatic carbocycles. The summed E-state index contributed by atoms with van der Waals surface area (Å²) < 4.78 is 1.40. The molecule has 3 aromatic heterocycles. The van der Waals surface area contributed by atoms with Gasteiger partial charge >= 0.3 is 0 Å². The van der Waals surface area contributed by atoms with Crippen molar-refractivity contribution in [1.82, 2.24) is 19.5 Å². The van der Waals surface area contributed by atoms with Crippen molar-refractivity contribution in [1.29, 1.82) is 0 Å². The quantitative estimate of drug-likeness (QED) is 0.778. The fourth-order valence-corrected chi connectivity index (χ4v) is 4.14. The van der Waals surface area contributed by atoms with Gasteiger partial charge in [0, 0.05) is 24.9 Å². The molecule has 0 saturated carbocycles. The van der Waals surface area contributed by atoms with Gasteiger partial charge in [-0.2, -0.15) is 0 Å². The number of nitrogens with zero attached hydrogens (tertiary/aromatic N) is 3. The molecule has 1 saturated heterocycles. The number of piperidine rings is 1. The molecule has 6 nitrogen and oxygen atoms in total. The van der Waals surface area contributed by atoms with Crippen molar-refractivity contribution in [2.75, 3.05) is 6.54 Å². The Hall–Kier alpha value is -2.41. The number of rotatable bonds is 2. The molecule has 4 rings (SSSR count). The minimum atomic E-state index is -0.148. The zero-order valence-corrected chi connectivity index (χ0v) is 14.2. The number of likely N-dealkylation sites (tertiary alicyclic amines) is 1. The molecule has 1 aliphatic heterocycles. The van der Waals surface area contributed by atoms with Crippen molar-refractivity contribution < 1.29 is 4.79 Å². The number of carbonyl (C=O) groups excluding carboxylic acids is 1. The van der Waals surface area contributed by atoms with Crippen LogP contribution in [0.2, 0.25) is 0 Å². The summed E-state index contributed by atoms with van der Waals surface area (Å²) in [7, 11) is 0. The number of nitrogens with one attached hydrogen (secondary N) is 1. The second-order valence-electron chi connectivity index (χ2n) is 6.17. The van der Waals surface area contributed by atoms with E-state index in [-0.39, 0.29) is 17.5 Å². The Kier molecular flexibility index (Phi) is 3.72. The van der Waals surface area contributed by atoms with E-state index in [9.17, 15) is 9.59 Å². The van der Waals surface area contributed by atoms with Gasteiger partial charge in [0.2, 0.25) is 0 Å². The van der Waals surface area contributed by atoms with Crippen LogP contribution in [0, 0.1) is 6.92 Å². The number of aromatic amines is 1. The van der Waals surface area contributed by atoms with Crippen LogP contribution in [0.5, 0.6) is 0 Å². The predicted octanol–water partition coefficient (Wildman–Crippen LogP) is 2.76. The van der Waals surface area contributed by atoms with Crippen LogP contribution in [0.3, 0.4) is 0 Å². The molecule has 0 bridgehead atoms. The Morgan fingerprint density at radius 3 is 3.04 bits per heavy atom. The van der Waals surface area contributed by atoms with Crippen LogP contribution >= 0.6 is 11.3 Å². The lowest BCUT2D eigenvalue weighted by atomic mass is 9.98. The van der Waals surface area contributed by atoms with Gasteiger partial charge in [-0.05, 0) is 43.2 Å². The summed E-state index contributed by atoms with van der Waals surface area (Å²) in [6.45, 7) is 2.69. The van der Waals surface area contributed by atoms with E-state index in [1.807, 2.05) is 23.3 Å². The average molecular weight is 342 g/mol. The first-order valence-electron chi connectivity index (χ1n) is 8.07. The SMILES string of the molecule is Cc1csc(C(=O)N2CCCC[C@@H]2c2cc(=O)n3[nH]ccc3n2)c1. The van der Waals surface area contributed by atoms with E-state index < -0.39 is 0 Å². The van der Waals surface area contributed by atoms with E-state index in [4.69, 9.17) is 0 Å². The van der Waals surface area contributed by atoms with Crippen molar-refractivity contribution in [3.8, 4) is 0 Å². The van der Waals surface area contributed by atoms with Crippen molar-refractivity contribution >= 4 is 22.9 Å². The maximum absolute atomic E-state index is 12.9. The van der Waals surface area contributed by atoms with E-state index in [0.29, 0.717) is 17.9 Å². The maximum atomic E-state index is 12.9. The number of hydrogen-bond acceptors (Lipinski definition) is 4. The van der Waals surface area contributed by atoms with Gasteiger partial charge in [-0.25, -0.2) is 9.50 Å². The number of thiophene rings is 1. The van der Waals surface area contributed by atoms with E-state index in [1.54, 1.807) is 18.3 Å².